The van der Waals surface area contributed by atoms with E-state index in [1.54, 1.807) is 20.8 Å². The first kappa shape index (κ1) is 16.1. The second-order valence-corrected chi connectivity index (χ2v) is 4.46. The molecule has 0 fully saturated rings. The van der Waals surface area contributed by atoms with E-state index in [2.05, 4.69) is 0 Å². The lowest BCUT2D eigenvalue weighted by atomic mass is 10.1. The zero-order chi connectivity index (χ0) is 15.3. The molecular formula is C14H17F2NO3. The van der Waals surface area contributed by atoms with Gasteiger partial charge in [-0.3, -0.25) is 9.59 Å². The number of hydrogen-bond donors (Lipinski definition) is 0. The zero-order valence-corrected chi connectivity index (χ0v) is 11.7. The number of benzene rings is 1. The SMILES string of the molecule is CCOC(=O)CN(C(=O)c1ccc(F)c(F)c1)C(C)C. The molecule has 0 aliphatic carbocycles. The molecule has 0 bridgehead atoms. The van der Waals surface area contributed by atoms with Crippen molar-refractivity contribution in [3.8, 4) is 0 Å². The van der Waals surface area contributed by atoms with Gasteiger partial charge in [0.2, 0.25) is 0 Å². The number of rotatable bonds is 5. The van der Waals surface area contributed by atoms with Crippen LogP contribution in [0.4, 0.5) is 8.78 Å². The molecule has 0 saturated heterocycles. The number of nitrogens with zero attached hydrogens (tertiary/aromatic N) is 1. The van der Waals surface area contributed by atoms with Gasteiger partial charge in [-0.05, 0) is 39.0 Å². The van der Waals surface area contributed by atoms with Crippen LogP contribution in [0.1, 0.15) is 31.1 Å². The number of esters is 1. The Labute approximate surface area is 116 Å². The molecule has 1 aromatic rings. The van der Waals surface area contributed by atoms with Crippen molar-refractivity contribution in [1.82, 2.24) is 4.90 Å². The topological polar surface area (TPSA) is 46.6 Å². The lowest BCUT2D eigenvalue weighted by molar-refractivity contribution is -0.144. The predicted octanol–water partition coefficient (Wildman–Crippen LogP) is 2.38. The molecule has 0 aliphatic heterocycles. The summed E-state index contributed by atoms with van der Waals surface area (Å²) in [6.07, 6.45) is 0. The van der Waals surface area contributed by atoms with E-state index >= 15 is 0 Å². The third kappa shape index (κ3) is 4.01. The Hall–Kier alpha value is -1.98. The number of carbonyl (C=O) groups excluding carboxylic acids is 2. The summed E-state index contributed by atoms with van der Waals surface area (Å²) in [6, 6.07) is 2.60. The van der Waals surface area contributed by atoms with E-state index in [-0.39, 0.29) is 24.8 Å². The highest BCUT2D eigenvalue weighted by Gasteiger charge is 2.23. The van der Waals surface area contributed by atoms with E-state index in [0.717, 1.165) is 12.1 Å². The molecule has 0 heterocycles. The molecular weight excluding hydrogens is 268 g/mol. The van der Waals surface area contributed by atoms with Gasteiger partial charge < -0.3 is 9.64 Å². The second-order valence-electron chi connectivity index (χ2n) is 4.46. The lowest BCUT2D eigenvalue weighted by Crippen LogP contribution is -2.41. The Morgan fingerprint density at radius 3 is 2.40 bits per heavy atom. The summed E-state index contributed by atoms with van der Waals surface area (Å²) in [5.74, 6) is -3.22. The number of carbonyl (C=O) groups is 2. The van der Waals surface area contributed by atoms with E-state index in [9.17, 15) is 18.4 Å². The van der Waals surface area contributed by atoms with Crippen molar-refractivity contribution in [3.05, 3.63) is 35.4 Å². The number of ether oxygens (including phenoxy) is 1. The summed E-state index contributed by atoms with van der Waals surface area (Å²) in [6.45, 7) is 5.08. The second kappa shape index (κ2) is 6.98. The minimum Gasteiger partial charge on any atom is -0.465 e. The fraction of sp³-hybridized carbons (Fsp3) is 0.429. The van der Waals surface area contributed by atoms with E-state index in [0.29, 0.717) is 0 Å². The highest BCUT2D eigenvalue weighted by molar-refractivity contribution is 5.96. The van der Waals surface area contributed by atoms with Crippen molar-refractivity contribution in [3.63, 3.8) is 0 Å². The standard InChI is InChI=1S/C14H17F2NO3/c1-4-20-13(18)8-17(9(2)3)14(19)10-5-6-11(15)12(16)7-10/h5-7,9H,4,8H2,1-3H3. The largest absolute Gasteiger partial charge is 0.465 e. The summed E-state index contributed by atoms with van der Waals surface area (Å²) in [5, 5.41) is 0. The van der Waals surface area contributed by atoms with Crippen LogP contribution in [0.3, 0.4) is 0 Å². The minimum atomic E-state index is -1.10. The van der Waals surface area contributed by atoms with Gasteiger partial charge in [0, 0.05) is 11.6 Å². The van der Waals surface area contributed by atoms with Crippen molar-refractivity contribution >= 4 is 11.9 Å². The third-order valence-corrected chi connectivity index (χ3v) is 2.66. The molecule has 110 valence electrons. The number of amides is 1. The van der Waals surface area contributed by atoms with E-state index in [4.69, 9.17) is 4.74 Å². The zero-order valence-electron chi connectivity index (χ0n) is 11.7. The third-order valence-electron chi connectivity index (χ3n) is 2.66. The van der Waals surface area contributed by atoms with Gasteiger partial charge in [-0.15, -0.1) is 0 Å². The maximum absolute atomic E-state index is 13.1. The highest BCUT2D eigenvalue weighted by atomic mass is 19.2. The van der Waals surface area contributed by atoms with Crippen molar-refractivity contribution < 1.29 is 23.1 Å². The lowest BCUT2D eigenvalue weighted by Gasteiger charge is -2.25. The highest BCUT2D eigenvalue weighted by Crippen LogP contribution is 2.13. The first-order valence-electron chi connectivity index (χ1n) is 6.28. The molecule has 0 spiro atoms. The molecule has 1 amide bonds. The molecule has 0 aromatic heterocycles. The maximum atomic E-state index is 13.1. The van der Waals surface area contributed by atoms with Crippen LogP contribution in [-0.2, 0) is 9.53 Å². The van der Waals surface area contributed by atoms with Crippen LogP contribution >= 0.6 is 0 Å². The van der Waals surface area contributed by atoms with Crippen LogP contribution in [0.25, 0.3) is 0 Å². The van der Waals surface area contributed by atoms with Gasteiger partial charge in [-0.1, -0.05) is 0 Å². The van der Waals surface area contributed by atoms with Crippen LogP contribution in [0.15, 0.2) is 18.2 Å². The summed E-state index contributed by atoms with van der Waals surface area (Å²) in [7, 11) is 0. The van der Waals surface area contributed by atoms with Crippen molar-refractivity contribution in [2.24, 2.45) is 0 Å². The maximum Gasteiger partial charge on any atom is 0.325 e. The average Bonchev–Trinajstić information content (AvgIpc) is 2.38. The molecule has 0 N–H and O–H groups in total. The van der Waals surface area contributed by atoms with E-state index < -0.39 is 23.5 Å². The Morgan fingerprint density at radius 1 is 1.25 bits per heavy atom. The predicted molar refractivity (Wildman–Crippen MR) is 69.2 cm³/mol. The molecule has 0 radical (unpaired) electrons. The van der Waals surface area contributed by atoms with Gasteiger partial charge in [0.05, 0.1) is 6.61 Å². The van der Waals surface area contributed by atoms with Gasteiger partial charge in [0.1, 0.15) is 6.54 Å². The van der Waals surface area contributed by atoms with E-state index in [1.165, 1.54) is 11.0 Å². The summed E-state index contributed by atoms with van der Waals surface area (Å²) >= 11 is 0. The quantitative estimate of drug-likeness (QED) is 0.780. The molecule has 4 nitrogen and oxygen atoms in total. The van der Waals surface area contributed by atoms with Gasteiger partial charge >= 0.3 is 5.97 Å². The molecule has 6 heteroatoms. The molecule has 0 aliphatic rings. The Kier molecular flexibility index (Phi) is 5.61. The molecule has 0 atom stereocenters. The first-order chi connectivity index (χ1) is 9.36. The van der Waals surface area contributed by atoms with Crippen molar-refractivity contribution in [1.29, 1.82) is 0 Å². The molecule has 0 unspecified atom stereocenters. The van der Waals surface area contributed by atoms with Crippen molar-refractivity contribution in [2.75, 3.05) is 13.2 Å². The van der Waals surface area contributed by atoms with Crippen LogP contribution in [0, 0.1) is 11.6 Å². The Bertz CT molecular complexity index is 503. The summed E-state index contributed by atoms with van der Waals surface area (Å²) in [5.41, 5.74) is -0.0121. The molecule has 20 heavy (non-hydrogen) atoms. The van der Waals surface area contributed by atoms with Crippen LogP contribution in [-0.4, -0.2) is 36.0 Å². The van der Waals surface area contributed by atoms with Gasteiger partial charge in [0.25, 0.3) is 5.91 Å². The van der Waals surface area contributed by atoms with Gasteiger partial charge in [-0.2, -0.15) is 0 Å². The molecule has 1 rings (SSSR count). The van der Waals surface area contributed by atoms with Gasteiger partial charge in [-0.25, -0.2) is 8.78 Å². The van der Waals surface area contributed by atoms with Gasteiger partial charge in [0.15, 0.2) is 11.6 Å². The Morgan fingerprint density at radius 2 is 1.90 bits per heavy atom. The summed E-state index contributed by atoms with van der Waals surface area (Å²) < 4.78 is 30.8. The van der Waals surface area contributed by atoms with Crippen molar-refractivity contribution in [2.45, 2.75) is 26.8 Å². The fourth-order valence-electron chi connectivity index (χ4n) is 1.63. The average molecular weight is 285 g/mol. The monoisotopic (exact) mass is 285 g/mol. The molecule has 1 aromatic carbocycles. The van der Waals surface area contributed by atoms with Crippen LogP contribution in [0.2, 0.25) is 0 Å². The number of hydrogen-bond acceptors (Lipinski definition) is 3. The fourth-order valence-corrected chi connectivity index (χ4v) is 1.63. The Balaban J connectivity index is 2.93. The normalized spacial score (nSPS) is 10.5. The minimum absolute atomic E-state index is 0.0121. The van der Waals surface area contributed by atoms with Crippen LogP contribution in [0.5, 0.6) is 0 Å². The first-order valence-corrected chi connectivity index (χ1v) is 6.28. The molecule has 0 saturated carbocycles. The summed E-state index contributed by atoms with van der Waals surface area (Å²) in [4.78, 5) is 24.9. The smallest absolute Gasteiger partial charge is 0.325 e. The number of halogens is 2. The van der Waals surface area contributed by atoms with E-state index in [1.807, 2.05) is 0 Å². The van der Waals surface area contributed by atoms with Crippen LogP contribution < -0.4 is 0 Å².